The first kappa shape index (κ1) is 9.67. The van der Waals surface area contributed by atoms with Crippen molar-refractivity contribution in [2.75, 3.05) is 5.73 Å². The molecule has 0 radical (unpaired) electrons. The Labute approximate surface area is 80.0 Å². The number of terminal acetylenes is 1. The number of nitrogens with two attached hydrogens (primary N) is 1. The number of benzene rings is 1. The van der Waals surface area contributed by atoms with E-state index in [4.69, 9.17) is 12.2 Å². The number of rotatable bonds is 0. The minimum Gasteiger partial charge on any atom is -0.398 e. The smallest absolute Gasteiger partial charge is 0.0379 e. The van der Waals surface area contributed by atoms with Crippen LogP contribution in [0.25, 0.3) is 0 Å². The van der Waals surface area contributed by atoms with Gasteiger partial charge in [-0.1, -0.05) is 5.92 Å². The van der Waals surface area contributed by atoms with Crippen molar-refractivity contribution < 1.29 is 0 Å². The Balaban J connectivity index is 3.69. The Morgan fingerprint density at radius 1 is 0.923 bits per heavy atom. The highest BCUT2D eigenvalue weighted by Crippen LogP contribution is 2.27. The first-order valence-corrected chi connectivity index (χ1v) is 4.33. The second kappa shape index (κ2) is 3.14. The van der Waals surface area contributed by atoms with Crippen LogP contribution in [-0.2, 0) is 0 Å². The van der Waals surface area contributed by atoms with E-state index in [1.165, 1.54) is 0 Å². The highest BCUT2D eigenvalue weighted by Gasteiger charge is 2.10. The number of nitrogen functional groups attached to an aromatic ring is 1. The van der Waals surface area contributed by atoms with Crippen molar-refractivity contribution in [3.05, 3.63) is 27.8 Å². The molecule has 0 saturated heterocycles. The topological polar surface area (TPSA) is 26.0 Å². The predicted octanol–water partition coefficient (Wildman–Crippen LogP) is 2.48. The summed E-state index contributed by atoms with van der Waals surface area (Å²) in [5.41, 5.74) is 12.3. The molecular weight excluding hydrogens is 158 g/mol. The Morgan fingerprint density at radius 3 is 1.62 bits per heavy atom. The van der Waals surface area contributed by atoms with Gasteiger partial charge in [-0.2, -0.15) is 0 Å². The fraction of sp³-hybridized carbons (Fsp3) is 0.333. The maximum atomic E-state index is 5.94. The van der Waals surface area contributed by atoms with Crippen LogP contribution >= 0.6 is 0 Å². The summed E-state index contributed by atoms with van der Waals surface area (Å²) in [7, 11) is 0. The number of hydrogen-bond acceptors (Lipinski definition) is 1. The molecule has 1 nitrogen and oxygen atoms in total. The molecule has 0 aliphatic carbocycles. The van der Waals surface area contributed by atoms with Gasteiger partial charge in [0, 0.05) is 11.3 Å². The fourth-order valence-electron chi connectivity index (χ4n) is 1.56. The van der Waals surface area contributed by atoms with Crippen LogP contribution in [0.1, 0.15) is 27.8 Å². The van der Waals surface area contributed by atoms with E-state index in [1.54, 1.807) is 0 Å². The summed E-state index contributed by atoms with van der Waals surface area (Å²) < 4.78 is 0. The third-order valence-electron chi connectivity index (χ3n) is 2.83. The van der Waals surface area contributed by atoms with Crippen molar-refractivity contribution in [3.8, 4) is 12.3 Å². The van der Waals surface area contributed by atoms with Crippen LogP contribution in [0.4, 0.5) is 5.69 Å². The minimum absolute atomic E-state index is 0.869. The molecule has 0 spiro atoms. The van der Waals surface area contributed by atoms with Crippen molar-refractivity contribution >= 4 is 5.69 Å². The third kappa shape index (κ3) is 1.29. The molecule has 2 N–H and O–H groups in total. The molecule has 0 saturated carbocycles. The molecule has 0 amide bonds. The molecule has 0 aromatic heterocycles. The van der Waals surface area contributed by atoms with Crippen LogP contribution < -0.4 is 5.73 Å². The van der Waals surface area contributed by atoms with Crippen LogP contribution in [0.3, 0.4) is 0 Å². The van der Waals surface area contributed by atoms with Crippen molar-refractivity contribution in [3.63, 3.8) is 0 Å². The quantitative estimate of drug-likeness (QED) is 0.473. The SMILES string of the molecule is C#Cc1c(C)c(C)c(N)c(C)c1C. The summed E-state index contributed by atoms with van der Waals surface area (Å²) in [6.07, 6.45) is 5.45. The van der Waals surface area contributed by atoms with Gasteiger partial charge >= 0.3 is 0 Å². The van der Waals surface area contributed by atoms with Gasteiger partial charge in [0.25, 0.3) is 0 Å². The van der Waals surface area contributed by atoms with Gasteiger partial charge in [0.05, 0.1) is 0 Å². The maximum absolute atomic E-state index is 5.94. The van der Waals surface area contributed by atoms with Crippen LogP contribution in [0.5, 0.6) is 0 Å². The van der Waals surface area contributed by atoms with E-state index in [0.29, 0.717) is 0 Å². The van der Waals surface area contributed by atoms with E-state index >= 15 is 0 Å². The van der Waals surface area contributed by atoms with Gasteiger partial charge in [-0.15, -0.1) is 6.42 Å². The Bertz CT molecular complexity index is 366. The normalized spacial score (nSPS) is 9.77. The first-order valence-electron chi connectivity index (χ1n) is 4.33. The van der Waals surface area contributed by atoms with Crippen LogP contribution in [0.15, 0.2) is 0 Å². The number of anilines is 1. The van der Waals surface area contributed by atoms with E-state index in [1.807, 2.05) is 27.7 Å². The fourth-order valence-corrected chi connectivity index (χ4v) is 1.56. The standard InChI is InChI=1S/C12H15N/c1-6-11-7(2)9(4)12(13)10(5)8(11)3/h1H,13H2,2-5H3. The van der Waals surface area contributed by atoms with Crippen molar-refractivity contribution in [2.24, 2.45) is 0 Å². The zero-order valence-electron chi connectivity index (χ0n) is 8.65. The summed E-state index contributed by atoms with van der Waals surface area (Å²) in [6, 6.07) is 0. The maximum Gasteiger partial charge on any atom is 0.0379 e. The molecule has 1 heteroatoms. The lowest BCUT2D eigenvalue weighted by atomic mass is 9.93. The molecule has 1 aromatic rings. The molecular formula is C12H15N. The molecule has 0 unspecified atom stereocenters. The Hall–Kier alpha value is -1.42. The first-order chi connectivity index (χ1) is 6.00. The molecule has 0 bridgehead atoms. The minimum atomic E-state index is 0.869. The van der Waals surface area contributed by atoms with Gasteiger partial charge in [0.15, 0.2) is 0 Å². The van der Waals surface area contributed by atoms with E-state index < -0.39 is 0 Å². The lowest BCUT2D eigenvalue weighted by Crippen LogP contribution is -2.02. The van der Waals surface area contributed by atoms with Crippen molar-refractivity contribution in [1.29, 1.82) is 0 Å². The van der Waals surface area contributed by atoms with Crippen LogP contribution in [0, 0.1) is 40.0 Å². The van der Waals surface area contributed by atoms with Gasteiger partial charge in [0.2, 0.25) is 0 Å². The van der Waals surface area contributed by atoms with Gasteiger partial charge in [-0.05, 0) is 49.9 Å². The lowest BCUT2D eigenvalue weighted by Gasteiger charge is -2.14. The highest BCUT2D eigenvalue weighted by atomic mass is 14.6. The zero-order valence-corrected chi connectivity index (χ0v) is 8.65. The van der Waals surface area contributed by atoms with Crippen LogP contribution in [-0.4, -0.2) is 0 Å². The van der Waals surface area contributed by atoms with E-state index in [0.717, 1.165) is 33.5 Å². The lowest BCUT2D eigenvalue weighted by molar-refractivity contribution is 1.23. The van der Waals surface area contributed by atoms with Gasteiger partial charge in [0.1, 0.15) is 0 Å². The molecule has 0 atom stereocenters. The average Bonchev–Trinajstić information content (AvgIpc) is 2.13. The average molecular weight is 173 g/mol. The van der Waals surface area contributed by atoms with Crippen molar-refractivity contribution in [2.45, 2.75) is 27.7 Å². The van der Waals surface area contributed by atoms with E-state index in [9.17, 15) is 0 Å². The summed E-state index contributed by atoms with van der Waals surface area (Å²) in [4.78, 5) is 0. The Kier molecular flexibility index (Phi) is 2.34. The van der Waals surface area contributed by atoms with E-state index in [2.05, 4.69) is 5.92 Å². The predicted molar refractivity (Wildman–Crippen MR) is 57.7 cm³/mol. The van der Waals surface area contributed by atoms with Crippen molar-refractivity contribution in [1.82, 2.24) is 0 Å². The zero-order chi connectivity index (χ0) is 10.2. The molecule has 0 heterocycles. The molecule has 0 aliphatic rings. The molecule has 1 aromatic carbocycles. The molecule has 13 heavy (non-hydrogen) atoms. The van der Waals surface area contributed by atoms with E-state index in [-0.39, 0.29) is 0 Å². The monoisotopic (exact) mass is 173 g/mol. The molecule has 0 fully saturated rings. The van der Waals surface area contributed by atoms with Gasteiger partial charge in [-0.3, -0.25) is 0 Å². The summed E-state index contributed by atoms with van der Waals surface area (Å²) in [5.74, 6) is 2.72. The Morgan fingerprint density at radius 2 is 1.31 bits per heavy atom. The molecule has 1 rings (SSSR count). The second-order valence-electron chi connectivity index (χ2n) is 3.43. The molecule has 0 aliphatic heterocycles. The second-order valence-corrected chi connectivity index (χ2v) is 3.43. The largest absolute Gasteiger partial charge is 0.398 e. The third-order valence-corrected chi connectivity index (χ3v) is 2.83. The van der Waals surface area contributed by atoms with Crippen LogP contribution in [0.2, 0.25) is 0 Å². The summed E-state index contributed by atoms with van der Waals surface area (Å²) in [6.45, 7) is 8.07. The highest BCUT2D eigenvalue weighted by molar-refractivity contribution is 5.65. The van der Waals surface area contributed by atoms with Gasteiger partial charge in [-0.25, -0.2) is 0 Å². The summed E-state index contributed by atoms with van der Waals surface area (Å²) in [5, 5.41) is 0. The van der Waals surface area contributed by atoms with Gasteiger partial charge < -0.3 is 5.73 Å². The molecule has 68 valence electrons. The summed E-state index contributed by atoms with van der Waals surface area (Å²) >= 11 is 0. The number of hydrogen-bond donors (Lipinski definition) is 1.